The Balaban J connectivity index is 2.18. The molecule has 1 unspecified atom stereocenters. The Morgan fingerprint density at radius 2 is 1.91 bits per heavy atom. The van der Waals surface area contributed by atoms with Gasteiger partial charge in [-0.1, -0.05) is 74.0 Å². The second kappa shape index (κ2) is 11.9. The number of ether oxygens (including phenoxy) is 1. The van der Waals surface area contributed by atoms with Crippen molar-refractivity contribution in [1.82, 2.24) is 0 Å². The fourth-order valence-corrected chi connectivity index (χ4v) is 2.16. The molecule has 0 radical (unpaired) electrons. The molecule has 0 N–H and O–H groups in total. The minimum Gasteiger partial charge on any atom is -0.463 e. The highest BCUT2D eigenvalue weighted by molar-refractivity contribution is 6.33. The Labute approximate surface area is 143 Å². The number of esters is 1. The highest BCUT2D eigenvalue weighted by Gasteiger charge is 2.15. The van der Waals surface area contributed by atoms with Gasteiger partial charge in [0, 0.05) is 10.6 Å². The Hall–Kier alpha value is -1.55. The van der Waals surface area contributed by atoms with Crippen molar-refractivity contribution >= 4 is 23.8 Å². The van der Waals surface area contributed by atoms with E-state index in [1.807, 2.05) is 18.2 Å². The predicted molar refractivity (Wildman–Crippen MR) is 93.9 cm³/mol. The lowest BCUT2D eigenvalue weighted by atomic mass is 10.1. The number of benzene rings is 1. The SMILES string of the molecule is CCCCCCCCOC(=O)C(C)ON=Cc1ccccc1Cl. The van der Waals surface area contributed by atoms with E-state index >= 15 is 0 Å². The Bertz CT molecular complexity index is 491. The Kier molecular flexibility index (Phi) is 10.1. The van der Waals surface area contributed by atoms with Crippen molar-refractivity contribution in [2.75, 3.05) is 6.61 Å². The van der Waals surface area contributed by atoms with Crippen LogP contribution in [0.4, 0.5) is 0 Å². The van der Waals surface area contributed by atoms with Gasteiger partial charge in [-0.15, -0.1) is 0 Å². The average Bonchev–Trinajstić information content (AvgIpc) is 2.55. The van der Waals surface area contributed by atoms with E-state index in [0.29, 0.717) is 11.6 Å². The van der Waals surface area contributed by atoms with Crippen LogP contribution in [0, 0.1) is 0 Å². The largest absolute Gasteiger partial charge is 0.463 e. The van der Waals surface area contributed by atoms with E-state index in [9.17, 15) is 4.79 Å². The Morgan fingerprint density at radius 3 is 2.65 bits per heavy atom. The van der Waals surface area contributed by atoms with E-state index in [4.69, 9.17) is 21.2 Å². The lowest BCUT2D eigenvalue weighted by molar-refractivity contribution is -0.156. The summed E-state index contributed by atoms with van der Waals surface area (Å²) in [6.45, 7) is 4.25. The summed E-state index contributed by atoms with van der Waals surface area (Å²) in [6, 6.07) is 7.27. The van der Waals surface area contributed by atoms with E-state index in [1.54, 1.807) is 13.0 Å². The van der Waals surface area contributed by atoms with Gasteiger partial charge >= 0.3 is 5.97 Å². The molecule has 0 aromatic heterocycles. The highest BCUT2D eigenvalue weighted by atomic mass is 35.5. The molecule has 0 saturated heterocycles. The molecule has 1 atom stereocenters. The second-order valence-corrected chi connectivity index (χ2v) is 5.85. The van der Waals surface area contributed by atoms with Crippen LogP contribution in [0.3, 0.4) is 0 Å². The predicted octanol–water partition coefficient (Wildman–Crippen LogP) is 4.98. The van der Waals surface area contributed by atoms with E-state index in [2.05, 4.69) is 12.1 Å². The van der Waals surface area contributed by atoms with Gasteiger partial charge in [0.1, 0.15) is 0 Å². The van der Waals surface area contributed by atoms with Crippen molar-refractivity contribution in [2.24, 2.45) is 5.16 Å². The molecule has 0 fully saturated rings. The monoisotopic (exact) mass is 339 g/mol. The maximum absolute atomic E-state index is 11.7. The molecule has 1 rings (SSSR count). The summed E-state index contributed by atoms with van der Waals surface area (Å²) in [6.07, 6.45) is 7.69. The van der Waals surface area contributed by atoms with Crippen LogP contribution < -0.4 is 0 Å². The lowest BCUT2D eigenvalue weighted by Gasteiger charge is -2.09. The molecule has 1 aromatic carbocycles. The minimum atomic E-state index is -0.728. The van der Waals surface area contributed by atoms with Crippen LogP contribution in [0.5, 0.6) is 0 Å². The van der Waals surface area contributed by atoms with Gasteiger partial charge in [0.15, 0.2) is 0 Å². The van der Waals surface area contributed by atoms with E-state index in [1.165, 1.54) is 31.9 Å². The number of unbranched alkanes of at least 4 members (excludes halogenated alkanes) is 5. The molecule has 0 amide bonds. The molecule has 0 spiro atoms. The number of carbonyl (C=O) groups is 1. The number of oxime groups is 1. The van der Waals surface area contributed by atoms with Gasteiger partial charge in [-0.3, -0.25) is 0 Å². The van der Waals surface area contributed by atoms with Crippen molar-refractivity contribution in [1.29, 1.82) is 0 Å². The lowest BCUT2D eigenvalue weighted by Crippen LogP contribution is -2.22. The molecule has 0 aliphatic carbocycles. The first-order valence-electron chi connectivity index (χ1n) is 8.25. The van der Waals surface area contributed by atoms with Crippen molar-refractivity contribution in [3.8, 4) is 0 Å². The zero-order valence-electron chi connectivity index (χ0n) is 14.0. The molecule has 0 saturated carbocycles. The molecule has 128 valence electrons. The number of nitrogens with zero attached hydrogens (tertiary/aromatic N) is 1. The zero-order valence-corrected chi connectivity index (χ0v) is 14.7. The maximum atomic E-state index is 11.7. The van der Waals surface area contributed by atoms with Crippen LogP contribution in [0.25, 0.3) is 0 Å². The normalized spacial score (nSPS) is 12.3. The van der Waals surface area contributed by atoms with Gasteiger partial charge in [-0.2, -0.15) is 0 Å². The van der Waals surface area contributed by atoms with Crippen LogP contribution in [0.1, 0.15) is 57.9 Å². The van der Waals surface area contributed by atoms with Gasteiger partial charge in [0.05, 0.1) is 12.8 Å². The summed E-state index contributed by atoms with van der Waals surface area (Å²) < 4.78 is 5.17. The van der Waals surface area contributed by atoms with E-state index in [0.717, 1.165) is 18.4 Å². The molecule has 5 heteroatoms. The molecule has 0 bridgehead atoms. The topological polar surface area (TPSA) is 47.9 Å². The number of hydrogen-bond donors (Lipinski definition) is 0. The van der Waals surface area contributed by atoms with Crippen LogP contribution in [0.2, 0.25) is 5.02 Å². The van der Waals surface area contributed by atoms with Crippen LogP contribution in [-0.2, 0) is 14.4 Å². The summed E-state index contributed by atoms with van der Waals surface area (Å²) in [5, 5.41) is 4.37. The molecule has 1 aromatic rings. The first-order valence-corrected chi connectivity index (χ1v) is 8.63. The summed E-state index contributed by atoms with van der Waals surface area (Å²) in [5.74, 6) is -0.394. The quantitative estimate of drug-likeness (QED) is 0.247. The minimum absolute atomic E-state index is 0.394. The summed E-state index contributed by atoms with van der Waals surface area (Å²) in [7, 11) is 0. The van der Waals surface area contributed by atoms with Crippen molar-refractivity contribution in [3.05, 3.63) is 34.9 Å². The first kappa shape index (κ1) is 19.5. The molecular formula is C18H26ClNO3. The summed E-state index contributed by atoms with van der Waals surface area (Å²) in [4.78, 5) is 16.8. The van der Waals surface area contributed by atoms with E-state index < -0.39 is 12.1 Å². The third-order valence-electron chi connectivity index (χ3n) is 3.39. The molecular weight excluding hydrogens is 314 g/mol. The van der Waals surface area contributed by atoms with Crippen LogP contribution in [0.15, 0.2) is 29.4 Å². The van der Waals surface area contributed by atoms with Gasteiger partial charge in [-0.05, 0) is 19.4 Å². The molecule has 0 aliphatic rings. The fraction of sp³-hybridized carbons (Fsp3) is 0.556. The Morgan fingerprint density at radius 1 is 1.22 bits per heavy atom. The van der Waals surface area contributed by atoms with E-state index in [-0.39, 0.29) is 0 Å². The molecule has 0 heterocycles. The third kappa shape index (κ3) is 8.60. The third-order valence-corrected chi connectivity index (χ3v) is 3.73. The average molecular weight is 340 g/mol. The first-order chi connectivity index (χ1) is 11.1. The standard InChI is InChI=1S/C18H26ClNO3/c1-3-4-5-6-7-10-13-22-18(21)15(2)23-20-14-16-11-8-9-12-17(16)19/h8-9,11-12,14-15H,3-7,10,13H2,1-2H3. The summed E-state index contributed by atoms with van der Waals surface area (Å²) in [5.41, 5.74) is 0.738. The van der Waals surface area contributed by atoms with Crippen molar-refractivity contribution in [3.63, 3.8) is 0 Å². The second-order valence-electron chi connectivity index (χ2n) is 5.44. The van der Waals surface area contributed by atoms with Crippen molar-refractivity contribution in [2.45, 2.75) is 58.5 Å². The fourth-order valence-electron chi connectivity index (χ4n) is 1.97. The van der Waals surface area contributed by atoms with Gasteiger partial charge < -0.3 is 9.57 Å². The zero-order chi connectivity index (χ0) is 16.9. The molecule has 4 nitrogen and oxygen atoms in total. The molecule has 0 aliphatic heterocycles. The smallest absolute Gasteiger partial charge is 0.349 e. The van der Waals surface area contributed by atoms with Crippen molar-refractivity contribution < 1.29 is 14.4 Å². The van der Waals surface area contributed by atoms with Gasteiger partial charge in [0.25, 0.3) is 0 Å². The maximum Gasteiger partial charge on any atom is 0.349 e. The number of hydrogen-bond acceptors (Lipinski definition) is 4. The summed E-state index contributed by atoms with van der Waals surface area (Å²) >= 11 is 5.99. The number of halogens is 1. The van der Waals surface area contributed by atoms with Crippen LogP contribution >= 0.6 is 11.6 Å². The highest BCUT2D eigenvalue weighted by Crippen LogP contribution is 2.12. The number of carbonyl (C=O) groups excluding carboxylic acids is 1. The van der Waals surface area contributed by atoms with Gasteiger partial charge in [0.2, 0.25) is 6.10 Å². The molecule has 23 heavy (non-hydrogen) atoms. The van der Waals surface area contributed by atoms with Crippen LogP contribution in [-0.4, -0.2) is 24.9 Å². The number of rotatable bonds is 11. The van der Waals surface area contributed by atoms with Gasteiger partial charge in [-0.25, -0.2) is 4.79 Å².